The van der Waals surface area contributed by atoms with E-state index in [2.05, 4.69) is 11.4 Å². The summed E-state index contributed by atoms with van der Waals surface area (Å²) in [6, 6.07) is 8.02. The van der Waals surface area contributed by atoms with Gasteiger partial charge in [0, 0.05) is 13.2 Å². The Labute approximate surface area is 118 Å². The number of ether oxygens (including phenoxy) is 1. The Morgan fingerprint density at radius 1 is 1.42 bits per heavy atom. The Hall–Kier alpha value is -0.870. The minimum atomic E-state index is -0.691. The lowest BCUT2D eigenvalue weighted by Gasteiger charge is -2.17. The molecule has 1 aromatic carbocycles. The predicted octanol–water partition coefficient (Wildman–Crippen LogP) is 2.28. The highest BCUT2D eigenvalue weighted by Gasteiger charge is 2.25. The number of benzene rings is 1. The van der Waals surface area contributed by atoms with Crippen LogP contribution in [0.1, 0.15) is 24.0 Å². The van der Waals surface area contributed by atoms with Crippen LogP contribution in [0.5, 0.6) is 0 Å². The third-order valence-corrected chi connectivity index (χ3v) is 4.26. The van der Waals surface area contributed by atoms with E-state index < -0.39 is 6.23 Å². The number of aliphatic hydroxyl groups is 1. The van der Waals surface area contributed by atoms with Crippen LogP contribution < -0.4 is 5.32 Å². The Bertz CT molecular complexity index is 495. The molecule has 2 aliphatic rings. The van der Waals surface area contributed by atoms with Gasteiger partial charge in [-0.3, -0.25) is 5.32 Å². The summed E-state index contributed by atoms with van der Waals surface area (Å²) >= 11 is 6.35. The molecule has 2 N–H and O–H groups in total. The van der Waals surface area contributed by atoms with Crippen molar-refractivity contribution in [2.45, 2.75) is 31.6 Å². The summed E-state index contributed by atoms with van der Waals surface area (Å²) in [4.78, 5) is 0. The molecule has 0 spiro atoms. The lowest BCUT2D eigenvalue weighted by atomic mass is 10.1. The van der Waals surface area contributed by atoms with Gasteiger partial charge in [0.2, 0.25) is 0 Å². The molecule has 0 bridgehead atoms. The predicted molar refractivity (Wildman–Crippen MR) is 75.9 cm³/mol. The second kappa shape index (κ2) is 5.63. The molecule has 1 saturated heterocycles. The summed E-state index contributed by atoms with van der Waals surface area (Å²) < 4.78 is 5.53. The largest absolute Gasteiger partial charge is 0.377 e. The van der Waals surface area contributed by atoms with E-state index in [1.54, 1.807) is 0 Å². The van der Waals surface area contributed by atoms with Gasteiger partial charge in [0.25, 0.3) is 0 Å². The summed E-state index contributed by atoms with van der Waals surface area (Å²) in [5.41, 5.74) is 3.08. The fourth-order valence-electron chi connectivity index (χ4n) is 2.73. The zero-order chi connectivity index (χ0) is 13.2. The molecule has 3 nitrogen and oxygen atoms in total. The molecule has 1 heterocycles. The molecule has 1 aliphatic carbocycles. The summed E-state index contributed by atoms with van der Waals surface area (Å²) in [7, 11) is 0. The van der Waals surface area contributed by atoms with E-state index >= 15 is 0 Å². The molecule has 1 aromatic rings. The minimum absolute atomic E-state index is 0.220. The van der Waals surface area contributed by atoms with Crippen molar-refractivity contribution in [1.82, 2.24) is 5.32 Å². The lowest BCUT2D eigenvalue weighted by Crippen LogP contribution is -2.36. The van der Waals surface area contributed by atoms with Crippen LogP contribution in [0.15, 0.2) is 29.8 Å². The van der Waals surface area contributed by atoms with Crippen molar-refractivity contribution in [3.63, 3.8) is 0 Å². The SMILES string of the molecule is OC(NCC1CCCO1)C1=C(Cl)c2ccccc2C1. The van der Waals surface area contributed by atoms with Gasteiger partial charge in [0.1, 0.15) is 6.23 Å². The smallest absolute Gasteiger partial charge is 0.129 e. The average Bonchev–Trinajstić information content (AvgIpc) is 3.05. The van der Waals surface area contributed by atoms with Gasteiger partial charge in [-0.2, -0.15) is 0 Å². The van der Waals surface area contributed by atoms with Gasteiger partial charge < -0.3 is 9.84 Å². The number of halogens is 1. The number of fused-ring (bicyclic) bond motifs is 1. The van der Waals surface area contributed by atoms with Crippen molar-refractivity contribution >= 4 is 16.6 Å². The van der Waals surface area contributed by atoms with Crippen LogP contribution in [-0.4, -0.2) is 30.6 Å². The van der Waals surface area contributed by atoms with Gasteiger partial charge in [0.05, 0.1) is 11.1 Å². The molecular weight excluding hydrogens is 262 g/mol. The zero-order valence-electron chi connectivity index (χ0n) is 10.7. The van der Waals surface area contributed by atoms with Crippen molar-refractivity contribution in [1.29, 1.82) is 0 Å². The van der Waals surface area contributed by atoms with Crippen LogP contribution in [0, 0.1) is 0 Å². The first-order valence-electron chi connectivity index (χ1n) is 6.75. The molecule has 4 heteroatoms. The lowest BCUT2D eigenvalue weighted by molar-refractivity contribution is 0.0883. The van der Waals surface area contributed by atoms with Gasteiger partial charge in [-0.05, 0) is 36.0 Å². The first-order chi connectivity index (χ1) is 9.25. The van der Waals surface area contributed by atoms with E-state index in [4.69, 9.17) is 16.3 Å². The van der Waals surface area contributed by atoms with E-state index in [9.17, 15) is 5.11 Å². The Kier molecular flexibility index (Phi) is 3.89. The number of aliphatic hydroxyl groups excluding tert-OH is 1. The summed E-state index contributed by atoms with van der Waals surface area (Å²) in [5.74, 6) is 0. The van der Waals surface area contributed by atoms with Gasteiger partial charge in [-0.25, -0.2) is 0 Å². The van der Waals surface area contributed by atoms with Crippen LogP contribution in [0.4, 0.5) is 0 Å². The topological polar surface area (TPSA) is 41.5 Å². The summed E-state index contributed by atoms with van der Waals surface area (Å²) in [5, 5.41) is 14.0. The van der Waals surface area contributed by atoms with E-state index in [0.717, 1.165) is 30.6 Å². The quantitative estimate of drug-likeness (QED) is 0.831. The number of hydrogen-bond donors (Lipinski definition) is 2. The van der Waals surface area contributed by atoms with E-state index in [0.29, 0.717) is 18.0 Å². The van der Waals surface area contributed by atoms with Crippen molar-refractivity contribution < 1.29 is 9.84 Å². The maximum atomic E-state index is 10.2. The first kappa shape index (κ1) is 13.1. The maximum Gasteiger partial charge on any atom is 0.129 e. The second-order valence-electron chi connectivity index (χ2n) is 5.12. The molecule has 0 saturated carbocycles. The monoisotopic (exact) mass is 279 g/mol. The third-order valence-electron chi connectivity index (χ3n) is 3.81. The summed E-state index contributed by atoms with van der Waals surface area (Å²) in [6.45, 7) is 1.50. The van der Waals surface area contributed by atoms with Crippen molar-refractivity contribution in [2.24, 2.45) is 0 Å². The normalized spacial score (nSPS) is 23.8. The molecule has 19 heavy (non-hydrogen) atoms. The van der Waals surface area contributed by atoms with Crippen LogP contribution >= 0.6 is 11.6 Å². The number of hydrogen-bond acceptors (Lipinski definition) is 3. The van der Waals surface area contributed by atoms with Crippen LogP contribution in [-0.2, 0) is 11.2 Å². The van der Waals surface area contributed by atoms with Gasteiger partial charge >= 0.3 is 0 Å². The van der Waals surface area contributed by atoms with Gasteiger partial charge in [-0.15, -0.1) is 0 Å². The minimum Gasteiger partial charge on any atom is -0.377 e. The number of rotatable bonds is 4. The maximum absolute atomic E-state index is 10.2. The van der Waals surface area contributed by atoms with Gasteiger partial charge in [-0.1, -0.05) is 35.9 Å². The van der Waals surface area contributed by atoms with E-state index in [-0.39, 0.29) is 6.10 Å². The molecule has 0 radical (unpaired) electrons. The highest BCUT2D eigenvalue weighted by atomic mass is 35.5. The van der Waals surface area contributed by atoms with Crippen LogP contribution in [0.25, 0.3) is 5.03 Å². The second-order valence-corrected chi connectivity index (χ2v) is 5.50. The first-order valence-corrected chi connectivity index (χ1v) is 7.13. The van der Waals surface area contributed by atoms with Crippen LogP contribution in [0.2, 0.25) is 0 Å². The number of nitrogens with one attached hydrogen (secondary N) is 1. The molecule has 2 unspecified atom stereocenters. The summed E-state index contributed by atoms with van der Waals surface area (Å²) in [6.07, 6.45) is 2.42. The van der Waals surface area contributed by atoms with Crippen molar-refractivity contribution in [3.8, 4) is 0 Å². The third kappa shape index (κ3) is 2.70. The molecule has 0 amide bonds. The molecule has 1 aliphatic heterocycles. The highest BCUT2D eigenvalue weighted by molar-refractivity contribution is 6.50. The Morgan fingerprint density at radius 2 is 2.26 bits per heavy atom. The van der Waals surface area contributed by atoms with Crippen LogP contribution in [0.3, 0.4) is 0 Å². The molecular formula is C15H18ClNO2. The fourth-order valence-corrected chi connectivity index (χ4v) is 3.09. The van der Waals surface area contributed by atoms with E-state index in [1.807, 2.05) is 18.2 Å². The van der Waals surface area contributed by atoms with Crippen molar-refractivity contribution in [3.05, 3.63) is 41.0 Å². The average molecular weight is 280 g/mol. The zero-order valence-corrected chi connectivity index (χ0v) is 11.5. The molecule has 3 rings (SSSR count). The van der Waals surface area contributed by atoms with E-state index in [1.165, 1.54) is 5.56 Å². The Balaban J connectivity index is 1.64. The molecule has 0 aromatic heterocycles. The molecule has 1 fully saturated rings. The highest BCUT2D eigenvalue weighted by Crippen LogP contribution is 2.36. The molecule has 102 valence electrons. The van der Waals surface area contributed by atoms with Gasteiger partial charge in [0.15, 0.2) is 0 Å². The standard InChI is InChI=1S/C15H18ClNO2/c16-14-12-6-2-1-4-10(12)8-13(14)15(18)17-9-11-5-3-7-19-11/h1-2,4,6,11,15,17-18H,3,5,7-9H2. The Morgan fingerprint density at radius 3 is 3.00 bits per heavy atom. The molecule has 2 atom stereocenters. The van der Waals surface area contributed by atoms with Crippen molar-refractivity contribution in [2.75, 3.05) is 13.2 Å². The fraction of sp³-hybridized carbons (Fsp3) is 0.467.